The predicted octanol–water partition coefficient (Wildman–Crippen LogP) is 0.917. The average molecular weight is 215 g/mol. The summed E-state index contributed by atoms with van der Waals surface area (Å²) in [6, 6.07) is 1.72. The molecule has 1 aromatic heterocycles. The molecule has 0 amide bonds. The summed E-state index contributed by atoms with van der Waals surface area (Å²) in [7, 11) is 1.32. The van der Waals surface area contributed by atoms with Crippen LogP contribution in [0, 0.1) is 0 Å². The highest BCUT2D eigenvalue weighted by Gasteiger charge is 2.18. The van der Waals surface area contributed by atoms with E-state index in [1.807, 2.05) is 0 Å². The van der Waals surface area contributed by atoms with Crippen molar-refractivity contribution in [1.29, 1.82) is 0 Å². The molecule has 0 saturated heterocycles. The summed E-state index contributed by atoms with van der Waals surface area (Å²) in [5.41, 5.74) is 5.93. The summed E-state index contributed by atoms with van der Waals surface area (Å²) in [5, 5.41) is 11.4. The molecule has 0 aliphatic heterocycles. The second-order valence-corrected chi connectivity index (χ2v) is 3.71. The molecule has 0 spiro atoms. The molecule has 1 atom stereocenters. The maximum Gasteiger partial charge on any atom is 0.348 e. The zero-order valence-electron chi connectivity index (χ0n) is 7.90. The maximum atomic E-state index is 11.2. The molecule has 0 unspecified atom stereocenters. The van der Waals surface area contributed by atoms with Gasteiger partial charge in [-0.05, 0) is 24.4 Å². The van der Waals surface area contributed by atoms with Crippen LogP contribution in [0.2, 0.25) is 0 Å². The van der Waals surface area contributed by atoms with Crippen LogP contribution in [-0.2, 0) is 4.74 Å². The normalized spacial score (nSPS) is 12.5. The SMILES string of the molecule is COC(=O)c1sccc1[C@@H](O)CCN. The van der Waals surface area contributed by atoms with Crippen LogP contribution in [0.25, 0.3) is 0 Å². The molecule has 3 N–H and O–H groups in total. The van der Waals surface area contributed by atoms with Crippen molar-refractivity contribution in [2.75, 3.05) is 13.7 Å². The molecule has 0 fully saturated rings. The first kappa shape index (κ1) is 11.2. The smallest absolute Gasteiger partial charge is 0.348 e. The van der Waals surface area contributed by atoms with Crippen molar-refractivity contribution < 1.29 is 14.6 Å². The molecule has 0 aliphatic rings. The number of carbonyl (C=O) groups excluding carboxylic acids is 1. The number of rotatable bonds is 4. The monoisotopic (exact) mass is 215 g/mol. The fraction of sp³-hybridized carbons (Fsp3) is 0.444. The number of hydrogen-bond donors (Lipinski definition) is 2. The highest BCUT2D eigenvalue weighted by atomic mass is 32.1. The van der Waals surface area contributed by atoms with Gasteiger partial charge >= 0.3 is 5.97 Å². The summed E-state index contributed by atoms with van der Waals surface area (Å²) in [6.07, 6.45) is -0.235. The van der Waals surface area contributed by atoms with Gasteiger partial charge in [0, 0.05) is 5.56 Å². The van der Waals surface area contributed by atoms with E-state index in [-0.39, 0.29) is 0 Å². The molecule has 1 rings (SSSR count). The molecule has 0 saturated carbocycles. The number of esters is 1. The lowest BCUT2D eigenvalue weighted by atomic mass is 10.1. The Bertz CT molecular complexity index is 311. The molecule has 78 valence electrons. The van der Waals surface area contributed by atoms with Crippen LogP contribution < -0.4 is 5.73 Å². The summed E-state index contributed by atoms with van der Waals surface area (Å²) >= 11 is 1.26. The second-order valence-electron chi connectivity index (χ2n) is 2.79. The third kappa shape index (κ3) is 2.31. The second kappa shape index (κ2) is 5.09. The number of aliphatic hydroxyl groups excluding tert-OH is 1. The van der Waals surface area contributed by atoms with Crippen molar-refractivity contribution in [3.05, 3.63) is 21.9 Å². The summed E-state index contributed by atoms with van der Waals surface area (Å²) in [6.45, 7) is 0.387. The highest BCUT2D eigenvalue weighted by Crippen LogP contribution is 2.25. The molecule has 0 bridgehead atoms. The van der Waals surface area contributed by atoms with Crippen molar-refractivity contribution >= 4 is 17.3 Å². The van der Waals surface area contributed by atoms with Crippen LogP contribution in [0.1, 0.15) is 27.8 Å². The Morgan fingerprint density at radius 1 is 1.79 bits per heavy atom. The predicted molar refractivity (Wildman–Crippen MR) is 54.3 cm³/mol. The van der Waals surface area contributed by atoms with E-state index in [0.717, 1.165) is 0 Å². The quantitative estimate of drug-likeness (QED) is 0.732. The van der Waals surface area contributed by atoms with Crippen LogP contribution in [0.15, 0.2) is 11.4 Å². The van der Waals surface area contributed by atoms with E-state index in [0.29, 0.717) is 23.4 Å². The Hall–Kier alpha value is -0.910. The minimum absolute atomic E-state index is 0.387. The molecule has 5 heteroatoms. The molecule has 1 aromatic rings. The number of methoxy groups -OCH3 is 1. The molecule has 1 heterocycles. The maximum absolute atomic E-state index is 11.2. The summed E-state index contributed by atoms with van der Waals surface area (Å²) in [4.78, 5) is 11.7. The molecule has 4 nitrogen and oxygen atoms in total. The minimum atomic E-state index is -0.680. The Labute approximate surface area is 86.3 Å². The molecular formula is C9H13NO3S. The van der Waals surface area contributed by atoms with Gasteiger partial charge in [-0.3, -0.25) is 0 Å². The lowest BCUT2D eigenvalue weighted by molar-refractivity contribution is 0.0599. The van der Waals surface area contributed by atoms with Gasteiger partial charge in [-0.15, -0.1) is 11.3 Å². The number of hydrogen-bond acceptors (Lipinski definition) is 5. The van der Waals surface area contributed by atoms with Gasteiger partial charge in [0.25, 0.3) is 0 Å². The van der Waals surface area contributed by atoms with E-state index < -0.39 is 12.1 Å². The van der Waals surface area contributed by atoms with Crippen LogP contribution in [0.3, 0.4) is 0 Å². The molecule has 0 radical (unpaired) electrons. The third-order valence-corrected chi connectivity index (χ3v) is 2.78. The number of nitrogens with two attached hydrogens (primary N) is 1. The number of aliphatic hydroxyl groups is 1. The van der Waals surface area contributed by atoms with Gasteiger partial charge < -0.3 is 15.6 Å². The van der Waals surface area contributed by atoms with Gasteiger partial charge in [0.1, 0.15) is 4.88 Å². The largest absolute Gasteiger partial charge is 0.465 e. The molecule has 14 heavy (non-hydrogen) atoms. The number of carbonyl (C=O) groups is 1. The summed E-state index contributed by atoms with van der Waals surface area (Å²) in [5.74, 6) is -0.411. The van der Waals surface area contributed by atoms with Crippen LogP contribution >= 0.6 is 11.3 Å². The van der Waals surface area contributed by atoms with E-state index in [9.17, 15) is 9.90 Å². The molecular weight excluding hydrogens is 202 g/mol. The topological polar surface area (TPSA) is 72.5 Å². The fourth-order valence-electron chi connectivity index (χ4n) is 1.15. The van der Waals surface area contributed by atoms with Crippen molar-refractivity contribution in [3.63, 3.8) is 0 Å². The lowest BCUT2D eigenvalue weighted by Gasteiger charge is -2.08. The van der Waals surface area contributed by atoms with Gasteiger partial charge in [-0.1, -0.05) is 0 Å². The van der Waals surface area contributed by atoms with E-state index in [1.165, 1.54) is 18.4 Å². The number of ether oxygens (including phenoxy) is 1. The van der Waals surface area contributed by atoms with Crippen molar-refractivity contribution in [2.45, 2.75) is 12.5 Å². The van der Waals surface area contributed by atoms with Gasteiger partial charge in [0.15, 0.2) is 0 Å². The Kier molecular flexibility index (Phi) is 4.06. The first-order valence-electron chi connectivity index (χ1n) is 4.24. The molecule has 0 aromatic carbocycles. The Balaban J connectivity index is 2.86. The standard InChI is InChI=1S/C9H13NO3S/c1-13-9(12)8-6(3-5-14-8)7(11)2-4-10/h3,5,7,11H,2,4,10H2,1H3/t7-/m0/s1. The van der Waals surface area contributed by atoms with Gasteiger partial charge in [-0.25, -0.2) is 4.79 Å². The van der Waals surface area contributed by atoms with Gasteiger partial charge in [0.05, 0.1) is 13.2 Å². The van der Waals surface area contributed by atoms with Crippen molar-refractivity contribution in [1.82, 2.24) is 0 Å². The van der Waals surface area contributed by atoms with E-state index >= 15 is 0 Å². The Morgan fingerprint density at radius 2 is 2.50 bits per heavy atom. The fourth-order valence-corrected chi connectivity index (χ4v) is 2.02. The summed E-state index contributed by atoms with van der Waals surface area (Å²) < 4.78 is 4.59. The van der Waals surface area contributed by atoms with Crippen LogP contribution in [0.5, 0.6) is 0 Å². The number of thiophene rings is 1. The lowest BCUT2D eigenvalue weighted by Crippen LogP contribution is -2.10. The first-order valence-corrected chi connectivity index (χ1v) is 5.12. The zero-order valence-corrected chi connectivity index (χ0v) is 8.71. The van der Waals surface area contributed by atoms with E-state index in [1.54, 1.807) is 11.4 Å². The minimum Gasteiger partial charge on any atom is -0.465 e. The average Bonchev–Trinajstić information content (AvgIpc) is 2.65. The van der Waals surface area contributed by atoms with Gasteiger partial charge in [0.2, 0.25) is 0 Å². The van der Waals surface area contributed by atoms with Crippen LogP contribution in [-0.4, -0.2) is 24.7 Å². The van der Waals surface area contributed by atoms with Crippen molar-refractivity contribution in [2.24, 2.45) is 5.73 Å². The van der Waals surface area contributed by atoms with E-state index in [2.05, 4.69) is 4.74 Å². The van der Waals surface area contributed by atoms with Gasteiger partial charge in [-0.2, -0.15) is 0 Å². The molecule has 0 aliphatic carbocycles. The zero-order chi connectivity index (χ0) is 10.6. The van der Waals surface area contributed by atoms with Crippen molar-refractivity contribution in [3.8, 4) is 0 Å². The first-order chi connectivity index (χ1) is 6.70. The Morgan fingerprint density at radius 3 is 3.07 bits per heavy atom. The van der Waals surface area contributed by atoms with E-state index in [4.69, 9.17) is 5.73 Å². The van der Waals surface area contributed by atoms with Crippen LogP contribution in [0.4, 0.5) is 0 Å². The highest BCUT2D eigenvalue weighted by molar-refractivity contribution is 7.12. The third-order valence-electron chi connectivity index (χ3n) is 1.87.